The Bertz CT molecular complexity index is 435. The molecule has 0 saturated heterocycles. The SMILES string of the molecule is CC(C)N1CCc2cc(CF)ccc2C12CC2. The molecule has 92 valence electrons. The highest BCUT2D eigenvalue weighted by molar-refractivity contribution is 5.42. The molecule has 3 rings (SSSR count). The van der Waals surface area contributed by atoms with Crippen LogP contribution in [-0.4, -0.2) is 17.5 Å². The molecule has 1 aliphatic heterocycles. The van der Waals surface area contributed by atoms with E-state index in [-0.39, 0.29) is 6.67 Å². The summed E-state index contributed by atoms with van der Waals surface area (Å²) in [4.78, 5) is 2.63. The average Bonchev–Trinajstić information content (AvgIpc) is 3.09. The number of rotatable bonds is 2. The first-order valence-electron chi connectivity index (χ1n) is 6.62. The maximum absolute atomic E-state index is 12.7. The van der Waals surface area contributed by atoms with Gasteiger partial charge in [0, 0.05) is 18.1 Å². The van der Waals surface area contributed by atoms with Gasteiger partial charge in [-0.05, 0) is 49.8 Å². The summed E-state index contributed by atoms with van der Waals surface area (Å²) in [5.74, 6) is 0. The maximum atomic E-state index is 12.7. The van der Waals surface area contributed by atoms with E-state index < -0.39 is 0 Å². The van der Waals surface area contributed by atoms with Crippen molar-refractivity contribution in [3.05, 3.63) is 34.9 Å². The largest absolute Gasteiger partial charge is 0.291 e. The Morgan fingerprint density at radius 1 is 1.35 bits per heavy atom. The predicted molar refractivity (Wildman–Crippen MR) is 67.7 cm³/mol. The number of nitrogens with zero attached hydrogens (tertiary/aromatic N) is 1. The minimum atomic E-state index is -0.339. The summed E-state index contributed by atoms with van der Waals surface area (Å²) < 4.78 is 12.7. The average molecular weight is 233 g/mol. The summed E-state index contributed by atoms with van der Waals surface area (Å²) in [6, 6.07) is 6.81. The molecule has 1 fully saturated rings. The number of fused-ring (bicyclic) bond motifs is 2. The molecule has 2 heteroatoms. The van der Waals surface area contributed by atoms with Crippen LogP contribution < -0.4 is 0 Å². The topological polar surface area (TPSA) is 3.24 Å². The van der Waals surface area contributed by atoms with Crippen molar-refractivity contribution >= 4 is 0 Å². The fraction of sp³-hybridized carbons (Fsp3) is 0.600. The third-order valence-electron chi connectivity index (χ3n) is 4.34. The zero-order chi connectivity index (χ0) is 12.0. The number of halogens is 1. The van der Waals surface area contributed by atoms with E-state index in [4.69, 9.17) is 0 Å². The summed E-state index contributed by atoms with van der Waals surface area (Å²) >= 11 is 0. The van der Waals surface area contributed by atoms with E-state index in [1.807, 2.05) is 6.07 Å². The molecule has 2 aliphatic rings. The first-order chi connectivity index (χ1) is 8.17. The summed E-state index contributed by atoms with van der Waals surface area (Å²) in [5, 5.41) is 0. The van der Waals surface area contributed by atoms with Gasteiger partial charge in [0.1, 0.15) is 6.67 Å². The van der Waals surface area contributed by atoms with Gasteiger partial charge in [0.15, 0.2) is 0 Å². The Labute approximate surface area is 103 Å². The molecule has 17 heavy (non-hydrogen) atoms. The van der Waals surface area contributed by atoms with Crippen molar-refractivity contribution in [2.24, 2.45) is 0 Å². The zero-order valence-electron chi connectivity index (χ0n) is 10.7. The molecule has 1 heterocycles. The maximum Gasteiger partial charge on any atom is 0.115 e. The van der Waals surface area contributed by atoms with Gasteiger partial charge in [-0.15, -0.1) is 0 Å². The number of benzene rings is 1. The molecule has 0 unspecified atom stereocenters. The molecule has 0 N–H and O–H groups in total. The molecule has 0 aromatic heterocycles. The second-order valence-electron chi connectivity index (χ2n) is 5.69. The molecule has 1 nitrogen and oxygen atoms in total. The van der Waals surface area contributed by atoms with Gasteiger partial charge in [0.05, 0.1) is 0 Å². The zero-order valence-corrected chi connectivity index (χ0v) is 10.7. The second kappa shape index (κ2) is 3.81. The number of alkyl halides is 1. The van der Waals surface area contributed by atoms with Gasteiger partial charge in [-0.3, -0.25) is 4.90 Å². The van der Waals surface area contributed by atoms with Gasteiger partial charge < -0.3 is 0 Å². The summed E-state index contributed by atoms with van der Waals surface area (Å²) in [5.41, 5.74) is 3.98. The van der Waals surface area contributed by atoms with Crippen LogP contribution in [-0.2, 0) is 18.6 Å². The minimum Gasteiger partial charge on any atom is -0.291 e. The Morgan fingerprint density at radius 2 is 2.12 bits per heavy atom. The van der Waals surface area contributed by atoms with Crippen LogP contribution in [0.4, 0.5) is 4.39 Å². The van der Waals surface area contributed by atoms with Gasteiger partial charge in [-0.25, -0.2) is 4.39 Å². The van der Waals surface area contributed by atoms with Crippen molar-refractivity contribution in [3.63, 3.8) is 0 Å². The molecule has 1 aromatic carbocycles. The number of hydrogen-bond acceptors (Lipinski definition) is 1. The molecule has 0 radical (unpaired) electrons. The summed E-state index contributed by atoms with van der Waals surface area (Å²) in [7, 11) is 0. The van der Waals surface area contributed by atoms with Crippen molar-refractivity contribution in [1.29, 1.82) is 0 Å². The van der Waals surface area contributed by atoms with E-state index in [0.717, 1.165) is 18.5 Å². The van der Waals surface area contributed by atoms with E-state index in [0.29, 0.717) is 11.6 Å². The van der Waals surface area contributed by atoms with Crippen molar-refractivity contribution in [2.75, 3.05) is 6.54 Å². The van der Waals surface area contributed by atoms with E-state index in [2.05, 4.69) is 30.9 Å². The molecular formula is C15H20FN. The molecule has 0 amide bonds. The second-order valence-corrected chi connectivity index (χ2v) is 5.69. The third kappa shape index (κ3) is 1.61. The quantitative estimate of drug-likeness (QED) is 0.756. The van der Waals surface area contributed by atoms with Crippen LogP contribution in [0.1, 0.15) is 43.4 Å². The molecular weight excluding hydrogens is 213 g/mol. The van der Waals surface area contributed by atoms with Crippen LogP contribution in [0, 0.1) is 0 Å². The molecule has 1 aromatic rings. The fourth-order valence-corrected chi connectivity index (χ4v) is 3.43. The summed E-state index contributed by atoms with van der Waals surface area (Å²) in [6.07, 6.45) is 3.61. The van der Waals surface area contributed by atoms with Crippen LogP contribution in [0.2, 0.25) is 0 Å². The Kier molecular flexibility index (Phi) is 2.51. The van der Waals surface area contributed by atoms with Gasteiger partial charge in [-0.1, -0.05) is 18.2 Å². The van der Waals surface area contributed by atoms with Gasteiger partial charge in [-0.2, -0.15) is 0 Å². The van der Waals surface area contributed by atoms with E-state index >= 15 is 0 Å². The Balaban J connectivity index is 2.02. The van der Waals surface area contributed by atoms with Crippen LogP contribution in [0.5, 0.6) is 0 Å². The van der Waals surface area contributed by atoms with Crippen LogP contribution in [0.15, 0.2) is 18.2 Å². The van der Waals surface area contributed by atoms with Crippen molar-refractivity contribution in [1.82, 2.24) is 4.90 Å². The smallest absolute Gasteiger partial charge is 0.115 e. The lowest BCUT2D eigenvalue weighted by molar-refractivity contribution is 0.123. The van der Waals surface area contributed by atoms with Crippen LogP contribution in [0.25, 0.3) is 0 Å². The van der Waals surface area contributed by atoms with E-state index in [1.165, 1.54) is 24.0 Å². The van der Waals surface area contributed by atoms with Crippen LogP contribution >= 0.6 is 0 Å². The third-order valence-corrected chi connectivity index (χ3v) is 4.34. The fourth-order valence-electron chi connectivity index (χ4n) is 3.43. The first kappa shape index (κ1) is 11.2. The lowest BCUT2D eigenvalue weighted by Gasteiger charge is -2.41. The first-order valence-corrected chi connectivity index (χ1v) is 6.62. The Hall–Kier alpha value is -0.890. The highest BCUT2D eigenvalue weighted by Gasteiger charge is 2.52. The van der Waals surface area contributed by atoms with Crippen molar-refractivity contribution < 1.29 is 4.39 Å². The van der Waals surface area contributed by atoms with Crippen molar-refractivity contribution in [2.45, 2.75) is 51.4 Å². The van der Waals surface area contributed by atoms with Crippen LogP contribution in [0.3, 0.4) is 0 Å². The molecule has 0 bridgehead atoms. The highest BCUT2D eigenvalue weighted by Crippen LogP contribution is 2.54. The van der Waals surface area contributed by atoms with Gasteiger partial charge in [0.2, 0.25) is 0 Å². The lowest BCUT2D eigenvalue weighted by Crippen LogP contribution is -2.45. The minimum absolute atomic E-state index is 0.302. The highest BCUT2D eigenvalue weighted by atomic mass is 19.1. The monoisotopic (exact) mass is 233 g/mol. The summed E-state index contributed by atoms with van der Waals surface area (Å²) in [6.45, 7) is 5.34. The molecule has 1 saturated carbocycles. The molecule has 1 aliphatic carbocycles. The molecule has 1 spiro atoms. The van der Waals surface area contributed by atoms with E-state index in [9.17, 15) is 4.39 Å². The number of hydrogen-bond donors (Lipinski definition) is 0. The Morgan fingerprint density at radius 3 is 2.71 bits per heavy atom. The normalized spacial score (nSPS) is 21.9. The van der Waals surface area contributed by atoms with Gasteiger partial charge >= 0.3 is 0 Å². The molecule has 0 atom stereocenters. The van der Waals surface area contributed by atoms with Crippen molar-refractivity contribution in [3.8, 4) is 0 Å². The predicted octanol–water partition coefficient (Wildman–Crippen LogP) is 3.41. The van der Waals surface area contributed by atoms with E-state index in [1.54, 1.807) is 0 Å². The van der Waals surface area contributed by atoms with Gasteiger partial charge in [0.25, 0.3) is 0 Å². The standard InChI is InChI=1S/C15H20FN/c1-11(2)17-8-5-13-9-12(10-16)3-4-14(13)15(17)6-7-15/h3-4,9,11H,5-8,10H2,1-2H3. The lowest BCUT2D eigenvalue weighted by atomic mass is 9.88.